The lowest BCUT2D eigenvalue weighted by molar-refractivity contribution is -0.128. The maximum Gasteiger partial charge on any atom is 0.222 e. The van der Waals surface area contributed by atoms with Gasteiger partial charge >= 0.3 is 0 Å². The number of nitrogens with zero attached hydrogens (tertiary/aromatic N) is 1. The minimum atomic E-state index is 0. The molecule has 0 aromatic heterocycles. The zero-order valence-corrected chi connectivity index (χ0v) is 11.5. The van der Waals surface area contributed by atoms with Crippen molar-refractivity contribution in [3.63, 3.8) is 0 Å². The molecule has 5 heteroatoms. The molecule has 0 aliphatic rings. The zero-order chi connectivity index (χ0) is 11.4. The highest BCUT2D eigenvalue weighted by Crippen LogP contribution is 2.26. The van der Waals surface area contributed by atoms with E-state index in [1.165, 1.54) is 0 Å². The molecule has 1 rings (SSSR count). The van der Waals surface area contributed by atoms with Crippen LogP contribution >= 0.6 is 35.6 Å². The molecule has 0 heterocycles. The monoisotopic (exact) mass is 281 g/mol. The maximum absolute atomic E-state index is 11.4. The lowest BCUT2D eigenvalue weighted by Gasteiger charge is -2.10. The molecule has 90 valence electrons. The molecule has 0 saturated carbocycles. The number of carbonyl (C=O) groups is 1. The van der Waals surface area contributed by atoms with E-state index in [1.54, 1.807) is 25.1 Å². The Balaban J connectivity index is 0.00000225. The second-order valence-corrected chi connectivity index (χ2v) is 4.29. The van der Waals surface area contributed by atoms with Crippen LogP contribution in [0.4, 0.5) is 0 Å². The fourth-order valence-corrected chi connectivity index (χ4v) is 1.62. The van der Waals surface area contributed by atoms with Crippen molar-refractivity contribution >= 4 is 41.5 Å². The van der Waals surface area contributed by atoms with Gasteiger partial charge in [-0.1, -0.05) is 35.3 Å². The molecule has 0 aliphatic carbocycles. The topological polar surface area (TPSA) is 20.3 Å². The van der Waals surface area contributed by atoms with Gasteiger partial charge in [-0.15, -0.1) is 12.4 Å². The van der Waals surface area contributed by atoms with E-state index in [4.69, 9.17) is 23.2 Å². The number of halogens is 3. The van der Waals surface area contributed by atoms with Crippen LogP contribution in [0.2, 0.25) is 10.0 Å². The molecule has 16 heavy (non-hydrogen) atoms. The fourth-order valence-electron chi connectivity index (χ4n) is 1.21. The van der Waals surface area contributed by atoms with Gasteiger partial charge in [0.2, 0.25) is 5.91 Å². The van der Waals surface area contributed by atoms with E-state index < -0.39 is 0 Å². The highest BCUT2D eigenvalue weighted by Gasteiger charge is 2.08. The number of hydrogen-bond acceptors (Lipinski definition) is 1. The van der Waals surface area contributed by atoms with Crippen LogP contribution in [0, 0.1) is 0 Å². The van der Waals surface area contributed by atoms with Crippen LogP contribution in [0.5, 0.6) is 0 Å². The number of hydrogen-bond donors (Lipinski definition) is 0. The summed E-state index contributed by atoms with van der Waals surface area (Å²) in [5.41, 5.74) is 0.916. The number of amides is 1. The van der Waals surface area contributed by atoms with Crippen molar-refractivity contribution in [1.82, 2.24) is 4.90 Å². The zero-order valence-electron chi connectivity index (χ0n) is 9.17. The van der Waals surface area contributed by atoms with E-state index >= 15 is 0 Å². The molecule has 0 spiro atoms. The van der Waals surface area contributed by atoms with Gasteiger partial charge < -0.3 is 4.90 Å². The first-order valence-corrected chi connectivity index (χ1v) is 5.41. The van der Waals surface area contributed by atoms with Gasteiger partial charge in [-0.25, -0.2) is 0 Å². The van der Waals surface area contributed by atoms with Crippen molar-refractivity contribution in [2.24, 2.45) is 0 Å². The van der Waals surface area contributed by atoms with E-state index in [-0.39, 0.29) is 18.3 Å². The summed E-state index contributed by atoms with van der Waals surface area (Å²) in [5.74, 6) is 0.0889. The van der Waals surface area contributed by atoms with E-state index in [2.05, 4.69) is 0 Å². The maximum atomic E-state index is 11.4. The van der Waals surface area contributed by atoms with Gasteiger partial charge in [-0.3, -0.25) is 4.79 Å². The van der Waals surface area contributed by atoms with Crippen LogP contribution in [0.25, 0.3) is 0 Å². The Hall–Kier alpha value is -0.440. The number of rotatable bonds is 3. The number of aryl methyl sites for hydroxylation is 1. The minimum Gasteiger partial charge on any atom is -0.349 e. The first-order chi connectivity index (χ1) is 7.02. The van der Waals surface area contributed by atoms with Crippen molar-refractivity contribution in [3.8, 4) is 0 Å². The Kier molecular flexibility index (Phi) is 6.81. The summed E-state index contributed by atoms with van der Waals surface area (Å²) in [4.78, 5) is 12.9. The van der Waals surface area contributed by atoms with E-state index in [0.717, 1.165) is 5.56 Å². The summed E-state index contributed by atoms with van der Waals surface area (Å²) in [5, 5.41) is 1.08. The fraction of sp³-hybridized carbons (Fsp3) is 0.364. The van der Waals surface area contributed by atoms with Gasteiger partial charge in [0.1, 0.15) is 0 Å². The molecule has 0 saturated heterocycles. The predicted octanol–water partition coefficient (Wildman–Crippen LogP) is 3.44. The molecule has 0 radical (unpaired) electrons. The smallest absolute Gasteiger partial charge is 0.222 e. The van der Waals surface area contributed by atoms with Gasteiger partial charge in [0.15, 0.2) is 0 Å². The van der Waals surface area contributed by atoms with Crippen molar-refractivity contribution in [2.75, 3.05) is 14.1 Å². The third kappa shape index (κ3) is 4.20. The Labute approximate surface area is 112 Å². The standard InChI is InChI=1S/C11H13Cl2NO.ClH/c1-14(2)10(15)7-6-8-4-3-5-9(12)11(8)13;/h3-5H,6-7H2,1-2H3;1H. The molecule has 1 aromatic rings. The molecule has 0 atom stereocenters. The molecule has 0 unspecified atom stereocenters. The summed E-state index contributed by atoms with van der Waals surface area (Å²) in [6.07, 6.45) is 1.07. The van der Waals surface area contributed by atoms with Gasteiger partial charge in [-0.05, 0) is 18.1 Å². The third-order valence-electron chi connectivity index (χ3n) is 2.14. The Morgan fingerprint density at radius 2 is 1.94 bits per heavy atom. The molecular formula is C11H14Cl3NO. The Morgan fingerprint density at radius 3 is 2.50 bits per heavy atom. The highest BCUT2D eigenvalue weighted by molar-refractivity contribution is 6.42. The van der Waals surface area contributed by atoms with Crippen LogP contribution in [0.15, 0.2) is 18.2 Å². The molecule has 2 nitrogen and oxygen atoms in total. The van der Waals surface area contributed by atoms with E-state index in [9.17, 15) is 4.79 Å². The minimum absolute atomic E-state index is 0. The Bertz CT molecular complexity index is 366. The van der Waals surface area contributed by atoms with Gasteiger partial charge in [0.25, 0.3) is 0 Å². The summed E-state index contributed by atoms with van der Waals surface area (Å²) < 4.78 is 0. The first-order valence-electron chi connectivity index (χ1n) is 4.65. The second kappa shape index (κ2) is 7.00. The van der Waals surface area contributed by atoms with Crippen molar-refractivity contribution < 1.29 is 4.79 Å². The van der Waals surface area contributed by atoms with Crippen LogP contribution in [-0.4, -0.2) is 24.9 Å². The van der Waals surface area contributed by atoms with Crippen molar-refractivity contribution in [1.29, 1.82) is 0 Å². The van der Waals surface area contributed by atoms with E-state index in [1.807, 2.05) is 12.1 Å². The summed E-state index contributed by atoms with van der Waals surface area (Å²) >= 11 is 11.9. The van der Waals surface area contributed by atoms with Gasteiger partial charge in [0, 0.05) is 20.5 Å². The normalized spacial score (nSPS) is 9.50. The SMILES string of the molecule is CN(C)C(=O)CCc1cccc(Cl)c1Cl.Cl. The summed E-state index contributed by atoms with van der Waals surface area (Å²) in [7, 11) is 3.48. The van der Waals surface area contributed by atoms with Gasteiger partial charge in [-0.2, -0.15) is 0 Å². The highest BCUT2D eigenvalue weighted by atomic mass is 35.5. The second-order valence-electron chi connectivity index (χ2n) is 3.50. The van der Waals surface area contributed by atoms with Crippen LogP contribution < -0.4 is 0 Å². The summed E-state index contributed by atoms with van der Waals surface area (Å²) in [6.45, 7) is 0. The number of benzene rings is 1. The van der Waals surface area contributed by atoms with Crippen LogP contribution in [0.1, 0.15) is 12.0 Å². The van der Waals surface area contributed by atoms with Crippen LogP contribution in [0.3, 0.4) is 0 Å². The molecular weight excluding hydrogens is 268 g/mol. The average molecular weight is 283 g/mol. The van der Waals surface area contributed by atoms with Crippen LogP contribution in [-0.2, 0) is 11.2 Å². The third-order valence-corrected chi connectivity index (χ3v) is 3.00. The molecule has 0 fully saturated rings. The molecule has 1 aromatic carbocycles. The molecule has 0 N–H and O–H groups in total. The molecule has 1 amide bonds. The quantitative estimate of drug-likeness (QED) is 0.832. The molecule has 0 bridgehead atoms. The summed E-state index contributed by atoms with van der Waals surface area (Å²) in [6, 6.07) is 5.46. The molecule has 0 aliphatic heterocycles. The van der Waals surface area contributed by atoms with E-state index in [0.29, 0.717) is 22.9 Å². The van der Waals surface area contributed by atoms with Crippen molar-refractivity contribution in [2.45, 2.75) is 12.8 Å². The predicted molar refractivity (Wildman–Crippen MR) is 70.7 cm³/mol. The first kappa shape index (κ1) is 15.6. The van der Waals surface area contributed by atoms with Gasteiger partial charge in [0.05, 0.1) is 10.0 Å². The average Bonchev–Trinajstić information content (AvgIpc) is 2.19. The number of carbonyl (C=O) groups excluding carboxylic acids is 1. The lowest BCUT2D eigenvalue weighted by atomic mass is 10.1. The Morgan fingerprint density at radius 1 is 1.31 bits per heavy atom. The van der Waals surface area contributed by atoms with Crippen molar-refractivity contribution in [3.05, 3.63) is 33.8 Å². The largest absolute Gasteiger partial charge is 0.349 e. The lowest BCUT2D eigenvalue weighted by Crippen LogP contribution is -2.21.